The normalized spacial score (nSPS) is 23.2. The van der Waals surface area contributed by atoms with Crippen LogP contribution >= 0.6 is 11.3 Å². The second kappa shape index (κ2) is 3.98. The van der Waals surface area contributed by atoms with Crippen molar-refractivity contribution in [2.24, 2.45) is 0 Å². The maximum atomic E-state index is 5.66. The summed E-state index contributed by atoms with van der Waals surface area (Å²) in [5.41, 5.74) is 1.84. The molecule has 0 saturated carbocycles. The zero-order valence-corrected chi connectivity index (χ0v) is 7.64. The van der Waals surface area contributed by atoms with Crippen molar-refractivity contribution >= 4 is 11.3 Å². The van der Waals surface area contributed by atoms with Gasteiger partial charge in [0, 0.05) is 12.7 Å². The van der Waals surface area contributed by atoms with Gasteiger partial charge in [0.05, 0.1) is 23.1 Å². The average molecular weight is 184 g/mol. The highest BCUT2D eigenvalue weighted by Gasteiger charge is 2.14. The highest BCUT2D eigenvalue weighted by atomic mass is 32.1. The molecule has 3 nitrogen and oxygen atoms in total. The van der Waals surface area contributed by atoms with Crippen molar-refractivity contribution in [2.45, 2.75) is 19.1 Å². The number of thiazole rings is 1. The maximum Gasteiger partial charge on any atom is 0.0829 e. The van der Waals surface area contributed by atoms with Gasteiger partial charge in [0.25, 0.3) is 0 Å². The molecule has 1 aromatic heterocycles. The lowest BCUT2D eigenvalue weighted by Crippen LogP contribution is -2.16. The molecule has 0 aromatic carbocycles. The van der Waals surface area contributed by atoms with E-state index in [0.717, 1.165) is 26.1 Å². The van der Waals surface area contributed by atoms with E-state index in [4.69, 9.17) is 4.74 Å². The minimum absolute atomic E-state index is 0.409. The Bertz CT molecular complexity index is 219. The number of nitrogens with zero attached hydrogens (tertiary/aromatic N) is 1. The Labute approximate surface area is 75.8 Å². The van der Waals surface area contributed by atoms with Crippen molar-refractivity contribution in [2.75, 3.05) is 13.1 Å². The van der Waals surface area contributed by atoms with E-state index >= 15 is 0 Å². The fraction of sp³-hybridized carbons (Fsp3) is 0.625. The van der Waals surface area contributed by atoms with Crippen LogP contribution in [0.15, 0.2) is 11.7 Å². The Hall–Kier alpha value is -0.450. The molecule has 66 valence electrons. The first kappa shape index (κ1) is 8.16. The standard InChI is InChI=1S/C8H12N2OS/c1-2-9-3-7(1)11-5-8-4-10-6-12-8/h4,6-7,9H,1-3,5H2/t7-/m0/s1. The monoisotopic (exact) mass is 184 g/mol. The summed E-state index contributed by atoms with van der Waals surface area (Å²) in [7, 11) is 0. The molecule has 0 amide bonds. The molecule has 0 radical (unpaired) electrons. The van der Waals surface area contributed by atoms with E-state index in [9.17, 15) is 0 Å². The number of hydrogen-bond acceptors (Lipinski definition) is 4. The van der Waals surface area contributed by atoms with Crippen LogP contribution in [0.5, 0.6) is 0 Å². The second-order valence-electron chi connectivity index (χ2n) is 2.89. The van der Waals surface area contributed by atoms with Crippen LogP contribution in [0.4, 0.5) is 0 Å². The zero-order valence-electron chi connectivity index (χ0n) is 6.82. The first-order valence-corrected chi connectivity index (χ1v) is 5.03. The molecule has 1 aliphatic rings. The minimum Gasteiger partial charge on any atom is -0.371 e. The Morgan fingerprint density at radius 3 is 3.42 bits per heavy atom. The molecule has 0 spiro atoms. The summed E-state index contributed by atoms with van der Waals surface area (Å²) < 4.78 is 5.66. The number of hydrogen-bond donors (Lipinski definition) is 1. The number of ether oxygens (including phenoxy) is 1. The summed E-state index contributed by atoms with van der Waals surface area (Å²) in [6.07, 6.45) is 3.42. The van der Waals surface area contributed by atoms with Gasteiger partial charge in [-0.3, -0.25) is 4.98 Å². The molecule has 1 N–H and O–H groups in total. The van der Waals surface area contributed by atoms with Gasteiger partial charge in [0.1, 0.15) is 0 Å². The van der Waals surface area contributed by atoms with Crippen LogP contribution in [-0.4, -0.2) is 24.2 Å². The summed E-state index contributed by atoms with van der Waals surface area (Å²) in [6.45, 7) is 2.81. The summed E-state index contributed by atoms with van der Waals surface area (Å²) in [5.74, 6) is 0. The van der Waals surface area contributed by atoms with Gasteiger partial charge in [-0.2, -0.15) is 0 Å². The number of aromatic nitrogens is 1. The van der Waals surface area contributed by atoms with Crippen LogP contribution < -0.4 is 5.32 Å². The summed E-state index contributed by atoms with van der Waals surface area (Å²) in [5, 5.41) is 3.27. The largest absolute Gasteiger partial charge is 0.371 e. The third kappa shape index (κ3) is 2.03. The molecule has 0 unspecified atom stereocenters. The number of nitrogens with one attached hydrogen (secondary N) is 1. The molecular formula is C8H12N2OS. The second-order valence-corrected chi connectivity index (χ2v) is 3.86. The Morgan fingerprint density at radius 1 is 1.75 bits per heavy atom. The quantitative estimate of drug-likeness (QED) is 0.761. The van der Waals surface area contributed by atoms with Crippen molar-refractivity contribution in [3.05, 3.63) is 16.6 Å². The SMILES string of the molecule is c1ncc(CO[C@H]2CCNC2)s1. The van der Waals surface area contributed by atoms with Gasteiger partial charge < -0.3 is 10.1 Å². The molecule has 1 fully saturated rings. The fourth-order valence-corrected chi connectivity index (χ4v) is 1.80. The van der Waals surface area contributed by atoms with Gasteiger partial charge in [-0.25, -0.2) is 0 Å². The van der Waals surface area contributed by atoms with E-state index in [1.54, 1.807) is 11.3 Å². The van der Waals surface area contributed by atoms with Crippen LogP contribution in [0.1, 0.15) is 11.3 Å². The van der Waals surface area contributed by atoms with Gasteiger partial charge in [-0.1, -0.05) is 0 Å². The molecule has 4 heteroatoms. The summed E-state index contributed by atoms with van der Waals surface area (Å²) in [6, 6.07) is 0. The van der Waals surface area contributed by atoms with Gasteiger partial charge >= 0.3 is 0 Å². The van der Waals surface area contributed by atoms with Crippen LogP contribution in [0.2, 0.25) is 0 Å². The highest BCUT2D eigenvalue weighted by molar-refractivity contribution is 7.09. The highest BCUT2D eigenvalue weighted by Crippen LogP contribution is 2.11. The van der Waals surface area contributed by atoms with E-state index in [0.29, 0.717) is 6.10 Å². The molecule has 1 aliphatic heterocycles. The van der Waals surface area contributed by atoms with Crippen LogP contribution in [0.25, 0.3) is 0 Å². The molecule has 1 atom stereocenters. The molecule has 0 bridgehead atoms. The predicted octanol–water partition coefficient (Wildman–Crippen LogP) is 1.02. The molecule has 1 saturated heterocycles. The Kier molecular flexibility index (Phi) is 2.71. The third-order valence-corrected chi connectivity index (χ3v) is 2.71. The lowest BCUT2D eigenvalue weighted by Gasteiger charge is -2.07. The first-order valence-electron chi connectivity index (χ1n) is 4.15. The van der Waals surface area contributed by atoms with Gasteiger partial charge in [0.15, 0.2) is 0 Å². The van der Waals surface area contributed by atoms with E-state index in [1.807, 2.05) is 11.7 Å². The van der Waals surface area contributed by atoms with Crippen molar-refractivity contribution in [3.63, 3.8) is 0 Å². The van der Waals surface area contributed by atoms with Crippen molar-refractivity contribution in [3.8, 4) is 0 Å². The van der Waals surface area contributed by atoms with Crippen molar-refractivity contribution in [1.82, 2.24) is 10.3 Å². The van der Waals surface area contributed by atoms with Crippen molar-refractivity contribution in [1.29, 1.82) is 0 Å². The molecule has 2 rings (SSSR count). The topological polar surface area (TPSA) is 34.1 Å². The van der Waals surface area contributed by atoms with Gasteiger partial charge in [0.2, 0.25) is 0 Å². The third-order valence-electron chi connectivity index (χ3n) is 1.96. The van der Waals surface area contributed by atoms with Crippen molar-refractivity contribution < 1.29 is 4.74 Å². The fourth-order valence-electron chi connectivity index (χ4n) is 1.28. The molecule has 0 aliphatic carbocycles. The summed E-state index contributed by atoms with van der Waals surface area (Å²) in [4.78, 5) is 5.20. The Morgan fingerprint density at radius 2 is 2.75 bits per heavy atom. The van der Waals surface area contributed by atoms with Crippen LogP contribution in [0, 0.1) is 0 Å². The van der Waals surface area contributed by atoms with Gasteiger partial charge in [-0.15, -0.1) is 11.3 Å². The van der Waals surface area contributed by atoms with E-state index in [2.05, 4.69) is 10.3 Å². The lowest BCUT2D eigenvalue weighted by molar-refractivity contribution is 0.0558. The van der Waals surface area contributed by atoms with Gasteiger partial charge in [-0.05, 0) is 13.0 Å². The van der Waals surface area contributed by atoms with E-state index in [1.165, 1.54) is 4.88 Å². The smallest absolute Gasteiger partial charge is 0.0829 e. The number of rotatable bonds is 3. The average Bonchev–Trinajstić information content (AvgIpc) is 2.74. The zero-order chi connectivity index (χ0) is 8.23. The summed E-state index contributed by atoms with van der Waals surface area (Å²) >= 11 is 1.65. The molecular weight excluding hydrogens is 172 g/mol. The predicted molar refractivity (Wildman–Crippen MR) is 48.2 cm³/mol. The lowest BCUT2D eigenvalue weighted by atomic mass is 10.3. The molecule has 12 heavy (non-hydrogen) atoms. The minimum atomic E-state index is 0.409. The van der Waals surface area contributed by atoms with Crippen LogP contribution in [-0.2, 0) is 11.3 Å². The van der Waals surface area contributed by atoms with E-state index < -0.39 is 0 Å². The molecule has 1 aromatic rings. The first-order chi connectivity index (χ1) is 5.95. The van der Waals surface area contributed by atoms with Crippen LogP contribution in [0.3, 0.4) is 0 Å². The maximum absolute atomic E-state index is 5.66. The molecule has 2 heterocycles. The Balaban J connectivity index is 1.74. The van der Waals surface area contributed by atoms with E-state index in [-0.39, 0.29) is 0 Å².